The first-order chi connectivity index (χ1) is 18.2. The number of carbonyl (C=O) groups excluding carboxylic acids is 2. The van der Waals surface area contributed by atoms with Crippen molar-refractivity contribution in [3.63, 3.8) is 0 Å². The van der Waals surface area contributed by atoms with Crippen LogP contribution in [-0.2, 0) is 11.2 Å². The maximum absolute atomic E-state index is 13.0. The van der Waals surface area contributed by atoms with Gasteiger partial charge in [-0.3, -0.25) is 9.59 Å². The second-order valence-corrected chi connectivity index (χ2v) is 9.63. The predicted octanol–water partition coefficient (Wildman–Crippen LogP) is 4.12. The standard InChI is InChI=1S/C24H31N3O3.C6H11NO/c1-17-5-4-6-19(15-17)22(29)26-14-13-24(11-2-3-12-24)23(30)27-21(28)16-18-7-9-20(25)10-8-18;1-3-4-5-6(8)7-2/h4-10,15,21,28H,2-3,11-14,16,25H2,1H3,(H,26,29)(H,27,30);3-5,7-8H,1-2H3/b;4-3-,6-5+. The van der Waals surface area contributed by atoms with Gasteiger partial charge in [-0.2, -0.15) is 0 Å². The van der Waals surface area contributed by atoms with Crippen LogP contribution in [0, 0.1) is 12.3 Å². The smallest absolute Gasteiger partial charge is 0.251 e. The molecule has 0 bridgehead atoms. The van der Waals surface area contributed by atoms with Crippen molar-refractivity contribution in [2.45, 2.75) is 58.6 Å². The summed E-state index contributed by atoms with van der Waals surface area (Å²) in [5, 5.41) is 27.3. The molecular weight excluding hydrogens is 480 g/mol. The molecule has 1 saturated carbocycles. The molecular formula is C30H42N4O4. The van der Waals surface area contributed by atoms with E-state index >= 15 is 0 Å². The van der Waals surface area contributed by atoms with Crippen molar-refractivity contribution in [2.75, 3.05) is 19.3 Å². The maximum atomic E-state index is 13.0. The highest BCUT2D eigenvalue weighted by Gasteiger charge is 2.41. The van der Waals surface area contributed by atoms with Gasteiger partial charge in [0.25, 0.3) is 5.91 Å². The third kappa shape index (κ3) is 9.94. The third-order valence-corrected chi connectivity index (χ3v) is 6.62. The van der Waals surface area contributed by atoms with Crippen LogP contribution in [0.25, 0.3) is 0 Å². The third-order valence-electron chi connectivity index (χ3n) is 6.62. The van der Waals surface area contributed by atoms with Gasteiger partial charge >= 0.3 is 0 Å². The van der Waals surface area contributed by atoms with Gasteiger partial charge in [0, 0.05) is 31.3 Å². The number of aliphatic hydroxyl groups is 2. The van der Waals surface area contributed by atoms with Gasteiger partial charge in [0.15, 0.2) is 5.88 Å². The molecule has 1 aliphatic carbocycles. The zero-order chi connectivity index (χ0) is 28.0. The lowest BCUT2D eigenvalue weighted by atomic mass is 9.81. The Bertz CT molecular complexity index is 1090. The van der Waals surface area contributed by atoms with Crippen molar-refractivity contribution in [3.8, 4) is 0 Å². The molecule has 0 radical (unpaired) electrons. The molecule has 206 valence electrons. The molecule has 7 N–H and O–H groups in total. The van der Waals surface area contributed by atoms with E-state index in [4.69, 9.17) is 10.8 Å². The molecule has 0 saturated heterocycles. The van der Waals surface area contributed by atoms with Crippen LogP contribution in [0.4, 0.5) is 5.69 Å². The van der Waals surface area contributed by atoms with Crippen LogP contribution in [0.3, 0.4) is 0 Å². The van der Waals surface area contributed by atoms with Crippen molar-refractivity contribution in [3.05, 3.63) is 89.3 Å². The Kier molecular flexibility index (Phi) is 12.4. The fourth-order valence-corrected chi connectivity index (χ4v) is 4.45. The molecule has 1 unspecified atom stereocenters. The number of nitrogen functional groups attached to an aromatic ring is 1. The fourth-order valence-electron chi connectivity index (χ4n) is 4.45. The van der Waals surface area contributed by atoms with Gasteiger partial charge in [-0.25, -0.2) is 0 Å². The Morgan fingerprint density at radius 1 is 1.13 bits per heavy atom. The Hall–Kier alpha value is -3.78. The molecule has 3 rings (SSSR count). The Morgan fingerprint density at radius 2 is 1.82 bits per heavy atom. The molecule has 0 heterocycles. The number of nitrogens with two attached hydrogens (primary N) is 1. The molecule has 0 aromatic heterocycles. The molecule has 1 aliphatic rings. The lowest BCUT2D eigenvalue weighted by molar-refractivity contribution is -0.134. The number of benzene rings is 2. The van der Waals surface area contributed by atoms with Crippen molar-refractivity contribution in [1.82, 2.24) is 16.0 Å². The maximum Gasteiger partial charge on any atom is 0.251 e. The van der Waals surface area contributed by atoms with Gasteiger partial charge in [-0.15, -0.1) is 0 Å². The monoisotopic (exact) mass is 522 g/mol. The van der Waals surface area contributed by atoms with Gasteiger partial charge in [0.05, 0.1) is 5.41 Å². The van der Waals surface area contributed by atoms with E-state index in [0.29, 0.717) is 30.6 Å². The first-order valence-corrected chi connectivity index (χ1v) is 13.1. The van der Waals surface area contributed by atoms with Gasteiger partial charge in [0.2, 0.25) is 5.91 Å². The molecule has 8 heteroatoms. The minimum absolute atomic E-state index is 0.129. The highest BCUT2D eigenvalue weighted by molar-refractivity contribution is 5.94. The van der Waals surface area contributed by atoms with Crippen LogP contribution in [0.5, 0.6) is 0 Å². The number of hydrogen-bond acceptors (Lipinski definition) is 6. The number of nitrogens with one attached hydrogen (secondary N) is 3. The van der Waals surface area contributed by atoms with Crippen molar-refractivity contribution < 1.29 is 19.8 Å². The number of amides is 2. The number of aliphatic hydroxyl groups excluding tert-OH is 2. The van der Waals surface area contributed by atoms with Crippen molar-refractivity contribution >= 4 is 17.5 Å². The van der Waals surface area contributed by atoms with Gasteiger partial charge < -0.3 is 31.9 Å². The van der Waals surface area contributed by atoms with E-state index in [1.165, 1.54) is 0 Å². The van der Waals surface area contributed by atoms with Crippen LogP contribution in [0.2, 0.25) is 0 Å². The largest absolute Gasteiger partial charge is 0.495 e. The molecule has 0 spiro atoms. The van der Waals surface area contributed by atoms with Gasteiger partial charge in [-0.05, 0) is 69.0 Å². The summed E-state index contributed by atoms with van der Waals surface area (Å²) in [5.74, 6) is -0.0773. The molecule has 38 heavy (non-hydrogen) atoms. The SMILES string of the molecule is C/C=C\C=C(\O)NC.Cc1cccc(C(=O)NCCC2(C(=O)NC(O)Cc3ccc(N)cc3)CCCC2)c1. The van der Waals surface area contributed by atoms with E-state index in [2.05, 4.69) is 16.0 Å². The van der Waals surface area contributed by atoms with Gasteiger partial charge in [-0.1, -0.05) is 54.8 Å². The van der Waals surface area contributed by atoms with Crippen LogP contribution in [0.15, 0.2) is 72.6 Å². The number of hydrogen-bond donors (Lipinski definition) is 6. The molecule has 0 aliphatic heterocycles. The lowest BCUT2D eigenvalue weighted by Gasteiger charge is -2.29. The summed E-state index contributed by atoms with van der Waals surface area (Å²) >= 11 is 0. The summed E-state index contributed by atoms with van der Waals surface area (Å²) in [7, 11) is 1.66. The van der Waals surface area contributed by atoms with Gasteiger partial charge in [0.1, 0.15) is 6.23 Å². The number of aryl methyl sites for hydroxylation is 1. The highest BCUT2D eigenvalue weighted by atomic mass is 16.3. The summed E-state index contributed by atoms with van der Waals surface area (Å²) in [6, 6.07) is 14.7. The Morgan fingerprint density at radius 3 is 2.42 bits per heavy atom. The minimum Gasteiger partial charge on any atom is -0.495 e. The number of anilines is 1. The van der Waals surface area contributed by atoms with Crippen LogP contribution < -0.4 is 21.7 Å². The summed E-state index contributed by atoms with van der Waals surface area (Å²) in [5.41, 5.74) is 8.37. The summed E-state index contributed by atoms with van der Waals surface area (Å²) in [4.78, 5) is 25.4. The number of carbonyl (C=O) groups is 2. The number of allylic oxidation sites excluding steroid dienone is 3. The molecule has 2 amide bonds. The second-order valence-electron chi connectivity index (χ2n) is 9.63. The van der Waals surface area contributed by atoms with E-state index < -0.39 is 11.6 Å². The van der Waals surface area contributed by atoms with E-state index in [0.717, 1.165) is 36.8 Å². The molecule has 2 aromatic carbocycles. The van der Waals surface area contributed by atoms with Crippen LogP contribution in [-0.4, -0.2) is 41.8 Å². The molecule has 8 nitrogen and oxygen atoms in total. The quantitative estimate of drug-likeness (QED) is 0.120. The first kappa shape index (κ1) is 30.4. The van der Waals surface area contributed by atoms with Crippen molar-refractivity contribution in [1.29, 1.82) is 0 Å². The Balaban J connectivity index is 0.000000550. The fraction of sp³-hybridized carbons (Fsp3) is 0.400. The minimum atomic E-state index is -0.958. The normalized spacial score (nSPS) is 15.3. The topological polar surface area (TPSA) is 137 Å². The molecule has 1 fully saturated rings. The predicted molar refractivity (Wildman–Crippen MR) is 152 cm³/mol. The summed E-state index contributed by atoms with van der Waals surface area (Å²) in [6.07, 6.45) is 8.61. The van der Waals surface area contributed by atoms with E-state index in [1.807, 2.05) is 50.3 Å². The second kappa shape index (κ2) is 15.5. The van der Waals surface area contributed by atoms with E-state index in [-0.39, 0.29) is 17.7 Å². The van der Waals surface area contributed by atoms with Crippen LogP contribution >= 0.6 is 0 Å². The molecule has 2 aromatic rings. The van der Waals surface area contributed by atoms with E-state index in [9.17, 15) is 14.7 Å². The summed E-state index contributed by atoms with van der Waals surface area (Å²) in [6.45, 7) is 4.26. The zero-order valence-corrected chi connectivity index (χ0v) is 22.7. The zero-order valence-electron chi connectivity index (χ0n) is 22.7. The Labute approximate surface area is 226 Å². The summed E-state index contributed by atoms with van der Waals surface area (Å²) < 4.78 is 0. The average molecular weight is 523 g/mol. The van der Waals surface area contributed by atoms with E-state index in [1.54, 1.807) is 37.4 Å². The first-order valence-electron chi connectivity index (χ1n) is 13.1. The van der Waals surface area contributed by atoms with Crippen LogP contribution in [0.1, 0.15) is 60.5 Å². The average Bonchev–Trinajstić information content (AvgIpc) is 3.39. The lowest BCUT2D eigenvalue weighted by Crippen LogP contribution is -2.46. The number of rotatable bonds is 10. The van der Waals surface area contributed by atoms with Crippen molar-refractivity contribution in [2.24, 2.45) is 5.41 Å². The molecule has 1 atom stereocenters. The highest BCUT2D eigenvalue weighted by Crippen LogP contribution is 2.41.